The molecular formula is C14H22N2O. The largest absolute Gasteiger partial charge is 0.325 e. The van der Waals surface area contributed by atoms with Crippen molar-refractivity contribution >= 4 is 11.6 Å². The molecule has 0 fully saturated rings. The molecule has 0 saturated carbocycles. The number of carbonyl (C=O) groups is 1. The number of nitrogens with one attached hydrogen (secondary N) is 1. The van der Waals surface area contributed by atoms with Gasteiger partial charge in [0.05, 0.1) is 6.04 Å². The molecule has 1 atom stereocenters. The van der Waals surface area contributed by atoms with E-state index in [4.69, 9.17) is 5.73 Å². The van der Waals surface area contributed by atoms with Crippen molar-refractivity contribution in [1.82, 2.24) is 0 Å². The Bertz CT molecular complexity index is 386. The second-order valence-electron chi connectivity index (χ2n) is 5.04. The Morgan fingerprint density at radius 1 is 1.24 bits per heavy atom. The Morgan fingerprint density at radius 2 is 1.88 bits per heavy atom. The van der Waals surface area contributed by atoms with Gasteiger partial charge in [-0.25, -0.2) is 0 Å². The first kappa shape index (κ1) is 13.7. The number of benzene rings is 1. The van der Waals surface area contributed by atoms with E-state index in [-0.39, 0.29) is 11.8 Å². The van der Waals surface area contributed by atoms with Crippen LogP contribution in [0.4, 0.5) is 5.69 Å². The standard InChI is InChI=1S/C14H22N2O/c1-9(2)11-6-5-7-12(8-11)16-14(17)13(15)10(3)4/h5-10,13H,15H2,1-4H3,(H,16,17)/t13-/m0/s1. The second kappa shape index (κ2) is 5.82. The molecule has 0 spiro atoms. The van der Waals surface area contributed by atoms with Gasteiger partial charge in [-0.3, -0.25) is 4.79 Å². The van der Waals surface area contributed by atoms with E-state index >= 15 is 0 Å². The minimum Gasteiger partial charge on any atom is -0.325 e. The Hall–Kier alpha value is -1.35. The van der Waals surface area contributed by atoms with E-state index in [1.165, 1.54) is 5.56 Å². The zero-order chi connectivity index (χ0) is 13.0. The maximum atomic E-state index is 11.8. The van der Waals surface area contributed by atoms with Crippen LogP contribution in [0.1, 0.15) is 39.2 Å². The van der Waals surface area contributed by atoms with Gasteiger partial charge in [0.25, 0.3) is 0 Å². The van der Waals surface area contributed by atoms with Crippen LogP contribution >= 0.6 is 0 Å². The molecule has 0 heterocycles. The molecular weight excluding hydrogens is 212 g/mol. The van der Waals surface area contributed by atoms with E-state index in [0.29, 0.717) is 5.92 Å². The molecule has 3 heteroatoms. The van der Waals surface area contributed by atoms with Gasteiger partial charge < -0.3 is 11.1 Å². The molecule has 0 aliphatic heterocycles. The van der Waals surface area contributed by atoms with Crippen molar-refractivity contribution in [2.24, 2.45) is 11.7 Å². The number of anilines is 1. The number of hydrogen-bond acceptors (Lipinski definition) is 2. The van der Waals surface area contributed by atoms with Crippen LogP contribution in [0.25, 0.3) is 0 Å². The van der Waals surface area contributed by atoms with Crippen molar-refractivity contribution in [3.8, 4) is 0 Å². The van der Waals surface area contributed by atoms with E-state index in [9.17, 15) is 4.79 Å². The lowest BCUT2D eigenvalue weighted by molar-refractivity contribution is -0.118. The molecule has 1 aromatic carbocycles. The fraction of sp³-hybridized carbons (Fsp3) is 0.500. The fourth-order valence-corrected chi connectivity index (χ4v) is 1.50. The highest BCUT2D eigenvalue weighted by molar-refractivity contribution is 5.94. The van der Waals surface area contributed by atoms with Crippen LogP contribution in [0.5, 0.6) is 0 Å². The third kappa shape index (κ3) is 3.86. The van der Waals surface area contributed by atoms with Gasteiger partial charge in [-0.2, -0.15) is 0 Å². The highest BCUT2D eigenvalue weighted by Crippen LogP contribution is 2.18. The van der Waals surface area contributed by atoms with Crippen molar-refractivity contribution < 1.29 is 4.79 Å². The molecule has 0 aliphatic carbocycles. The summed E-state index contributed by atoms with van der Waals surface area (Å²) in [5.74, 6) is 0.467. The predicted octanol–water partition coefficient (Wildman–Crippen LogP) is 2.73. The van der Waals surface area contributed by atoms with E-state index in [0.717, 1.165) is 5.69 Å². The molecule has 0 aromatic heterocycles. The van der Waals surface area contributed by atoms with Crippen LogP contribution in [0.3, 0.4) is 0 Å². The van der Waals surface area contributed by atoms with Gasteiger partial charge in [0.2, 0.25) is 5.91 Å². The van der Waals surface area contributed by atoms with Gasteiger partial charge in [-0.1, -0.05) is 39.8 Å². The lowest BCUT2D eigenvalue weighted by atomic mass is 10.0. The molecule has 0 bridgehead atoms. The molecule has 1 aromatic rings. The van der Waals surface area contributed by atoms with E-state index in [1.54, 1.807) is 0 Å². The number of nitrogens with two attached hydrogens (primary N) is 1. The minimum atomic E-state index is -0.460. The van der Waals surface area contributed by atoms with E-state index in [1.807, 2.05) is 32.0 Å². The normalized spacial score (nSPS) is 12.9. The van der Waals surface area contributed by atoms with Gasteiger partial charge >= 0.3 is 0 Å². The summed E-state index contributed by atoms with van der Waals surface area (Å²) in [4.78, 5) is 11.8. The van der Waals surface area contributed by atoms with Crippen LogP contribution in [0.2, 0.25) is 0 Å². The Kier molecular flexibility index (Phi) is 4.70. The zero-order valence-corrected chi connectivity index (χ0v) is 11.0. The first-order chi connectivity index (χ1) is 7.91. The van der Waals surface area contributed by atoms with E-state index < -0.39 is 6.04 Å². The number of rotatable bonds is 4. The fourth-order valence-electron chi connectivity index (χ4n) is 1.50. The number of amides is 1. The highest BCUT2D eigenvalue weighted by Gasteiger charge is 2.17. The third-order valence-corrected chi connectivity index (χ3v) is 2.84. The molecule has 0 radical (unpaired) electrons. The maximum Gasteiger partial charge on any atom is 0.241 e. The van der Waals surface area contributed by atoms with Crippen molar-refractivity contribution in [3.63, 3.8) is 0 Å². The average molecular weight is 234 g/mol. The van der Waals surface area contributed by atoms with Crippen LogP contribution in [0.15, 0.2) is 24.3 Å². The summed E-state index contributed by atoms with van der Waals surface area (Å²) >= 11 is 0. The minimum absolute atomic E-state index is 0.124. The van der Waals surface area contributed by atoms with Crippen molar-refractivity contribution in [2.75, 3.05) is 5.32 Å². The molecule has 3 N–H and O–H groups in total. The Morgan fingerprint density at radius 3 is 2.41 bits per heavy atom. The van der Waals surface area contributed by atoms with Crippen LogP contribution in [-0.4, -0.2) is 11.9 Å². The molecule has 17 heavy (non-hydrogen) atoms. The second-order valence-corrected chi connectivity index (χ2v) is 5.04. The molecule has 3 nitrogen and oxygen atoms in total. The summed E-state index contributed by atoms with van der Waals surface area (Å²) in [5.41, 5.74) is 7.82. The maximum absolute atomic E-state index is 11.8. The van der Waals surface area contributed by atoms with Crippen LogP contribution < -0.4 is 11.1 Å². The van der Waals surface area contributed by atoms with E-state index in [2.05, 4.69) is 25.2 Å². The van der Waals surface area contributed by atoms with Crippen molar-refractivity contribution in [2.45, 2.75) is 39.7 Å². The Labute approximate surface area is 103 Å². The summed E-state index contributed by atoms with van der Waals surface area (Å²) in [7, 11) is 0. The van der Waals surface area contributed by atoms with Crippen molar-refractivity contribution in [3.05, 3.63) is 29.8 Å². The van der Waals surface area contributed by atoms with Gasteiger partial charge in [0, 0.05) is 5.69 Å². The van der Waals surface area contributed by atoms with Crippen LogP contribution in [-0.2, 0) is 4.79 Å². The molecule has 94 valence electrons. The summed E-state index contributed by atoms with van der Waals surface area (Å²) in [6.07, 6.45) is 0. The highest BCUT2D eigenvalue weighted by atomic mass is 16.2. The molecule has 0 saturated heterocycles. The first-order valence-electron chi connectivity index (χ1n) is 6.08. The van der Waals surface area contributed by atoms with Gasteiger partial charge in [0.15, 0.2) is 0 Å². The summed E-state index contributed by atoms with van der Waals surface area (Å²) in [6, 6.07) is 7.43. The average Bonchev–Trinajstić information content (AvgIpc) is 2.28. The number of hydrogen-bond donors (Lipinski definition) is 2. The van der Waals surface area contributed by atoms with Gasteiger partial charge in [-0.05, 0) is 29.5 Å². The predicted molar refractivity (Wildman–Crippen MR) is 72.0 cm³/mol. The first-order valence-corrected chi connectivity index (χ1v) is 6.08. The molecule has 1 rings (SSSR count). The zero-order valence-electron chi connectivity index (χ0n) is 11.0. The Balaban J connectivity index is 2.75. The monoisotopic (exact) mass is 234 g/mol. The smallest absolute Gasteiger partial charge is 0.241 e. The van der Waals surface area contributed by atoms with Crippen LogP contribution in [0, 0.1) is 5.92 Å². The molecule has 0 aliphatic rings. The lowest BCUT2D eigenvalue weighted by Crippen LogP contribution is -2.39. The lowest BCUT2D eigenvalue weighted by Gasteiger charge is -2.16. The third-order valence-electron chi connectivity index (χ3n) is 2.84. The summed E-state index contributed by atoms with van der Waals surface area (Å²) in [6.45, 7) is 8.13. The van der Waals surface area contributed by atoms with Crippen molar-refractivity contribution in [1.29, 1.82) is 0 Å². The molecule has 1 amide bonds. The quantitative estimate of drug-likeness (QED) is 0.841. The van der Waals surface area contributed by atoms with Gasteiger partial charge in [-0.15, -0.1) is 0 Å². The topological polar surface area (TPSA) is 55.1 Å². The summed E-state index contributed by atoms with van der Waals surface area (Å²) < 4.78 is 0. The molecule has 0 unspecified atom stereocenters. The number of carbonyl (C=O) groups excluding carboxylic acids is 1. The SMILES string of the molecule is CC(C)c1cccc(NC(=O)[C@@H](N)C(C)C)c1. The summed E-state index contributed by atoms with van der Waals surface area (Å²) in [5, 5.41) is 2.85. The van der Waals surface area contributed by atoms with Gasteiger partial charge in [0.1, 0.15) is 0 Å².